The molecule has 0 radical (unpaired) electrons. The molecule has 1 saturated heterocycles. The molecule has 1 aliphatic rings. The fourth-order valence-corrected chi connectivity index (χ4v) is 5.18. The predicted molar refractivity (Wildman–Crippen MR) is 152 cm³/mol. The summed E-state index contributed by atoms with van der Waals surface area (Å²) in [4.78, 5) is 30.8. The van der Waals surface area contributed by atoms with Gasteiger partial charge in [-0.1, -0.05) is 12.1 Å². The van der Waals surface area contributed by atoms with Gasteiger partial charge < -0.3 is 29.6 Å². The summed E-state index contributed by atoms with van der Waals surface area (Å²) in [5.41, 5.74) is 4.27. The molecule has 0 spiro atoms. The third kappa shape index (κ3) is 5.06. The van der Waals surface area contributed by atoms with Crippen LogP contribution in [0.3, 0.4) is 0 Å². The second-order valence-electron chi connectivity index (χ2n) is 8.91. The standard InChI is InChI=1S/C29H27N5O4S/c1-18(35)31-23-17-21(12-13-25(23)37-2)34-27(26(32-29(34)39)22-10-4-5-14-30-22)24-11-7-15-33(24)20-9-6-8-19(16-20)28(36)38-3/h4-17,26-27H,1-3H3,(H,31,35)(H,32,39)/t26-,27-/m1/s1. The molecular weight excluding hydrogens is 514 g/mol. The fourth-order valence-electron chi connectivity index (χ4n) is 4.84. The Hall–Kier alpha value is -4.70. The highest BCUT2D eigenvalue weighted by molar-refractivity contribution is 7.80. The van der Waals surface area contributed by atoms with Gasteiger partial charge in [0.2, 0.25) is 5.91 Å². The lowest BCUT2D eigenvalue weighted by Gasteiger charge is -2.29. The molecule has 198 valence electrons. The summed E-state index contributed by atoms with van der Waals surface area (Å²) in [6, 6.07) is 21.9. The topological polar surface area (TPSA) is 97.7 Å². The van der Waals surface area contributed by atoms with E-state index < -0.39 is 5.97 Å². The summed E-state index contributed by atoms with van der Waals surface area (Å²) >= 11 is 5.87. The maximum Gasteiger partial charge on any atom is 0.337 e. The molecule has 2 atom stereocenters. The number of pyridine rings is 1. The molecule has 2 aromatic heterocycles. The summed E-state index contributed by atoms with van der Waals surface area (Å²) in [5, 5.41) is 6.80. The Morgan fingerprint density at radius 3 is 2.56 bits per heavy atom. The summed E-state index contributed by atoms with van der Waals surface area (Å²) in [7, 11) is 2.91. The first-order valence-corrected chi connectivity index (χ1v) is 12.6. The number of nitrogens with zero attached hydrogens (tertiary/aromatic N) is 3. The second kappa shape index (κ2) is 11.0. The smallest absolute Gasteiger partial charge is 0.337 e. The molecule has 2 N–H and O–H groups in total. The van der Waals surface area contributed by atoms with Crippen molar-refractivity contribution < 1.29 is 19.1 Å². The van der Waals surface area contributed by atoms with Crippen LogP contribution in [0, 0.1) is 0 Å². The lowest BCUT2D eigenvalue weighted by atomic mass is 10.0. The van der Waals surface area contributed by atoms with Gasteiger partial charge in [-0.2, -0.15) is 0 Å². The minimum Gasteiger partial charge on any atom is -0.495 e. The Balaban J connectivity index is 1.66. The van der Waals surface area contributed by atoms with Gasteiger partial charge in [0.15, 0.2) is 5.11 Å². The molecule has 0 bridgehead atoms. The van der Waals surface area contributed by atoms with Crippen LogP contribution < -0.4 is 20.3 Å². The van der Waals surface area contributed by atoms with Crippen LogP contribution >= 0.6 is 12.2 Å². The van der Waals surface area contributed by atoms with E-state index in [4.69, 9.17) is 21.7 Å². The van der Waals surface area contributed by atoms with Crippen LogP contribution in [-0.4, -0.2) is 40.8 Å². The Bertz CT molecular complexity index is 1540. The van der Waals surface area contributed by atoms with Gasteiger partial charge in [-0.25, -0.2) is 4.79 Å². The van der Waals surface area contributed by atoms with Gasteiger partial charge in [-0.15, -0.1) is 0 Å². The molecule has 5 rings (SSSR count). The number of carbonyl (C=O) groups excluding carboxylic acids is 2. The molecule has 2 aromatic carbocycles. The minimum absolute atomic E-state index is 0.213. The van der Waals surface area contributed by atoms with Gasteiger partial charge in [0.05, 0.1) is 37.2 Å². The van der Waals surface area contributed by atoms with Crippen molar-refractivity contribution in [1.29, 1.82) is 0 Å². The molecular formula is C29H27N5O4S. The largest absolute Gasteiger partial charge is 0.495 e. The van der Waals surface area contributed by atoms with Gasteiger partial charge in [-0.3, -0.25) is 9.78 Å². The van der Waals surface area contributed by atoms with E-state index in [1.807, 2.05) is 70.3 Å². The Morgan fingerprint density at radius 2 is 1.85 bits per heavy atom. The average molecular weight is 542 g/mol. The van der Waals surface area contributed by atoms with Gasteiger partial charge in [0.1, 0.15) is 11.8 Å². The van der Waals surface area contributed by atoms with Gasteiger partial charge in [0, 0.05) is 36.4 Å². The molecule has 1 aliphatic heterocycles. The predicted octanol–water partition coefficient (Wildman–Crippen LogP) is 4.80. The van der Waals surface area contributed by atoms with E-state index >= 15 is 0 Å². The number of methoxy groups -OCH3 is 2. The first-order chi connectivity index (χ1) is 18.9. The van der Waals surface area contributed by atoms with E-state index in [1.165, 1.54) is 14.0 Å². The van der Waals surface area contributed by atoms with Crippen LogP contribution in [0.2, 0.25) is 0 Å². The number of amides is 1. The number of aromatic nitrogens is 2. The number of anilines is 2. The maximum absolute atomic E-state index is 12.2. The van der Waals surface area contributed by atoms with Crippen molar-refractivity contribution in [2.75, 3.05) is 24.4 Å². The van der Waals surface area contributed by atoms with Gasteiger partial charge in [-0.05, 0) is 72.9 Å². The first kappa shape index (κ1) is 25.9. The van der Waals surface area contributed by atoms with Crippen LogP contribution in [0.25, 0.3) is 5.69 Å². The fraction of sp³-hybridized carbons (Fsp3) is 0.172. The lowest BCUT2D eigenvalue weighted by Crippen LogP contribution is -2.30. The number of carbonyl (C=O) groups is 2. The third-order valence-electron chi connectivity index (χ3n) is 6.50. The van der Waals surface area contributed by atoms with Crippen molar-refractivity contribution in [3.8, 4) is 11.4 Å². The molecule has 1 amide bonds. The molecule has 1 fully saturated rings. The zero-order valence-corrected chi connectivity index (χ0v) is 22.4. The van der Waals surface area contributed by atoms with Crippen molar-refractivity contribution in [3.05, 3.63) is 102 Å². The minimum atomic E-state index is -0.411. The van der Waals surface area contributed by atoms with Crippen LogP contribution in [-0.2, 0) is 9.53 Å². The SMILES string of the molecule is COC(=O)c1cccc(-n2cccc2[C@@H]2[C@@H](c3ccccn3)NC(=S)N2c2ccc(OC)c(NC(C)=O)c2)c1. The molecule has 3 heterocycles. The molecule has 9 nitrogen and oxygen atoms in total. The zero-order valence-electron chi connectivity index (χ0n) is 21.6. The number of ether oxygens (including phenoxy) is 2. The van der Waals surface area contributed by atoms with Crippen LogP contribution in [0.4, 0.5) is 11.4 Å². The lowest BCUT2D eigenvalue weighted by molar-refractivity contribution is -0.114. The molecule has 10 heteroatoms. The van der Waals surface area contributed by atoms with E-state index in [1.54, 1.807) is 31.5 Å². The van der Waals surface area contributed by atoms with Crippen LogP contribution in [0.15, 0.2) is 85.2 Å². The number of benzene rings is 2. The molecule has 0 saturated carbocycles. The summed E-state index contributed by atoms with van der Waals surface area (Å²) < 4.78 is 12.4. The first-order valence-electron chi connectivity index (χ1n) is 12.2. The van der Waals surface area contributed by atoms with E-state index in [2.05, 4.69) is 15.6 Å². The van der Waals surface area contributed by atoms with E-state index in [-0.39, 0.29) is 18.0 Å². The number of rotatable bonds is 7. The third-order valence-corrected chi connectivity index (χ3v) is 6.81. The van der Waals surface area contributed by atoms with Crippen molar-refractivity contribution in [2.24, 2.45) is 0 Å². The molecule has 4 aromatic rings. The number of thiocarbonyl (C=S) groups is 1. The number of nitrogens with one attached hydrogen (secondary N) is 2. The normalized spacial score (nSPS) is 16.5. The van der Waals surface area contributed by atoms with Crippen molar-refractivity contribution in [3.63, 3.8) is 0 Å². The van der Waals surface area contributed by atoms with Gasteiger partial charge in [0.25, 0.3) is 0 Å². The van der Waals surface area contributed by atoms with Crippen molar-refractivity contribution >= 4 is 40.6 Å². The highest BCUT2D eigenvalue weighted by Crippen LogP contribution is 2.43. The van der Waals surface area contributed by atoms with Crippen LogP contribution in [0.5, 0.6) is 5.75 Å². The number of hydrogen-bond acceptors (Lipinski definition) is 6. The monoisotopic (exact) mass is 541 g/mol. The van der Waals surface area contributed by atoms with Crippen molar-refractivity contribution in [2.45, 2.75) is 19.0 Å². The maximum atomic E-state index is 12.2. The van der Waals surface area contributed by atoms with E-state index in [0.29, 0.717) is 22.1 Å². The second-order valence-corrected chi connectivity index (χ2v) is 9.29. The van der Waals surface area contributed by atoms with Crippen LogP contribution in [0.1, 0.15) is 40.8 Å². The summed E-state index contributed by atoms with van der Waals surface area (Å²) in [6.45, 7) is 1.45. The van der Waals surface area contributed by atoms with E-state index in [9.17, 15) is 9.59 Å². The Labute approximate surface area is 231 Å². The highest BCUT2D eigenvalue weighted by Gasteiger charge is 2.42. The number of esters is 1. The molecule has 0 aliphatic carbocycles. The Kier molecular flexibility index (Phi) is 7.29. The average Bonchev–Trinajstić information content (AvgIpc) is 3.57. The Morgan fingerprint density at radius 1 is 1.00 bits per heavy atom. The zero-order chi connectivity index (χ0) is 27.5. The molecule has 0 unspecified atom stereocenters. The van der Waals surface area contributed by atoms with Gasteiger partial charge >= 0.3 is 5.97 Å². The summed E-state index contributed by atoms with van der Waals surface area (Å²) in [6.07, 6.45) is 3.69. The highest BCUT2D eigenvalue weighted by atomic mass is 32.1. The molecule has 39 heavy (non-hydrogen) atoms. The number of hydrogen-bond donors (Lipinski definition) is 2. The van der Waals surface area contributed by atoms with Crippen molar-refractivity contribution in [1.82, 2.24) is 14.9 Å². The summed E-state index contributed by atoms with van der Waals surface area (Å²) in [5.74, 6) is -0.0892. The van der Waals surface area contributed by atoms with E-state index in [0.717, 1.165) is 22.8 Å². The quantitative estimate of drug-likeness (QED) is 0.254.